The van der Waals surface area contributed by atoms with Gasteiger partial charge in [0.2, 0.25) is 20.0 Å². The largest absolute Gasteiger partial charge is 0.491 e. The van der Waals surface area contributed by atoms with Crippen LogP contribution in [-0.4, -0.2) is 91.0 Å². The molecule has 0 aliphatic carbocycles. The first-order chi connectivity index (χ1) is 21.5. The number of nitrogens with one attached hydrogen (secondary N) is 2. The lowest BCUT2D eigenvalue weighted by molar-refractivity contribution is -0.0312. The van der Waals surface area contributed by atoms with Crippen LogP contribution in [0.25, 0.3) is 11.1 Å². The number of aliphatic hydroxyl groups excluding tert-OH is 1. The Labute approximate surface area is 265 Å². The number of benzene rings is 3. The molecule has 11 nitrogen and oxygen atoms in total. The Balaban J connectivity index is 1.11. The molecule has 0 aromatic heterocycles. The molecule has 1 spiro atoms. The van der Waals surface area contributed by atoms with Crippen LogP contribution in [0.3, 0.4) is 0 Å². The minimum absolute atomic E-state index is 0.0115. The van der Waals surface area contributed by atoms with Crippen LogP contribution in [0.4, 0.5) is 0 Å². The van der Waals surface area contributed by atoms with Gasteiger partial charge in [-0.15, -0.1) is 0 Å². The molecule has 0 bridgehead atoms. The van der Waals surface area contributed by atoms with Crippen molar-refractivity contribution in [2.45, 2.75) is 53.4 Å². The Morgan fingerprint density at radius 3 is 2.40 bits per heavy atom. The Morgan fingerprint density at radius 2 is 1.67 bits per heavy atom. The van der Waals surface area contributed by atoms with E-state index in [-0.39, 0.29) is 29.0 Å². The quantitative estimate of drug-likeness (QED) is 0.252. The molecular formula is C32H41N3O8S2. The van der Waals surface area contributed by atoms with Crippen LogP contribution < -0.4 is 14.8 Å². The maximum atomic E-state index is 13.6. The molecule has 1 unspecified atom stereocenters. The van der Waals surface area contributed by atoms with E-state index in [9.17, 15) is 21.9 Å². The topological polar surface area (TPSA) is 144 Å². The van der Waals surface area contributed by atoms with Gasteiger partial charge in [-0.05, 0) is 73.3 Å². The lowest BCUT2D eigenvalue weighted by atomic mass is 9.88. The molecule has 2 fully saturated rings. The van der Waals surface area contributed by atoms with E-state index in [0.717, 1.165) is 16.7 Å². The summed E-state index contributed by atoms with van der Waals surface area (Å²) in [5, 5.41) is 13.8. The molecule has 2 atom stereocenters. The number of sulfonamides is 2. The van der Waals surface area contributed by atoms with Gasteiger partial charge < -0.3 is 24.6 Å². The monoisotopic (exact) mass is 659 g/mol. The lowest BCUT2D eigenvalue weighted by Crippen LogP contribution is -2.47. The highest BCUT2D eigenvalue weighted by Crippen LogP contribution is 2.37. The zero-order valence-electron chi connectivity index (χ0n) is 25.5. The standard InChI is InChI=1S/C32H41N3O8S2/c1-33-44(37,38)30-10-5-9-29(18-30)42-23-28(36)20-34-27-19-32(43-22-27)12-14-35(15-13-32)45(39,40)31-11-4-8-26(17-31)25-7-3-6-24(16-25)21-41-2/h3-11,16-18,27-28,33-34,36H,12-15,19-23H2,1-2H3/t27?,28-/m0/s1. The third kappa shape index (κ3) is 8.10. The fourth-order valence-electron chi connectivity index (χ4n) is 5.85. The van der Waals surface area contributed by atoms with Gasteiger partial charge in [-0.3, -0.25) is 0 Å². The normalized spacial score (nSPS) is 19.5. The summed E-state index contributed by atoms with van der Waals surface area (Å²) >= 11 is 0. The fraction of sp³-hybridized carbons (Fsp3) is 0.438. The molecule has 2 aliphatic heterocycles. The van der Waals surface area contributed by atoms with Crippen molar-refractivity contribution in [2.75, 3.05) is 47.0 Å². The van der Waals surface area contributed by atoms with Gasteiger partial charge in [0.1, 0.15) is 18.5 Å². The molecule has 13 heteroatoms. The van der Waals surface area contributed by atoms with Crippen LogP contribution in [0.2, 0.25) is 0 Å². The predicted molar refractivity (Wildman–Crippen MR) is 170 cm³/mol. The van der Waals surface area contributed by atoms with Gasteiger partial charge in [0.05, 0.1) is 28.6 Å². The third-order valence-electron chi connectivity index (χ3n) is 8.35. The number of rotatable bonds is 13. The number of hydrogen-bond acceptors (Lipinski definition) is 9. The summed E-state index contributed by atoms with van der Waals surface area (Å²) in [6.45, 7) is 1.93. The second-order valence-electron chi connectivity index (χ2n) is 11.5. The van der Waals surface area contributed by atoms with Gasteiger partial charge in [-0.1, -0.05) is 36.4 Å². The van der Waals surface area contributed by atoms with E-state index in [4.69, 9.17) is 14.2 Å². The second-order valence-corrected chi connectivity index (χ2v) is 15.3. The molecule has 3 aromatic rings. The van der Waals surface area contributed by atoms with Crippen LogP contribution in [0.15, 0.2) is 82.6 Å². The Bertz CT molecular complexity index is 1670. The van der Waals surface area contributed by atoms with Gasteiger partial charge in [-0.2, -0.15) is 4.31 Å². The molecule has 0 radical (unpaired) electrons. The highest BCUT2D eigenvalue weighted by molar-refractivity contribution is 7.89. The number of nitrogens with zero attached hydrogens (tertiary/aromatic N) is 1. The summed E-state index contributed by atoms with van der Waals surface area (Å²) in [6, 6.07) is 21.0. The number of aliphatic hydroxyl groups is 1. The fourth-order valence-corrected chi connectivity index (χ4v) is 8.11. The highest BCUT2D eigenvalue weighted by Gasteiger charge is 2.44. The molecule has 0 saturated carbocycles. The van der Waals surface area contributed by atoms with E-state index >= 15 is 0 Å². The maximum absolute atomic E-state index is 13.6. The average Bonchev–Trinajstić information content (AvgIpc) is 3.45. The van der Waals surface area contributed by atoms with E-state index in [1.807, 2.05) is 30.3 Å². The first-order valence-corrected chi connectivity index (χ1v) is 17.9. The summed E-state index contributed by atoms with van der Waals surface area (Å²) in [5.74, 6) is 0.346. The van der Waals surface area contributed by atoms with Gasteiger partial charge in [-0.25, -0.2) is 21.6 Å². The van der Waals surface area contributed by atoms with E-state index in [2.05, 4.69) is 10.0 Å². The Hall–Kier alpha value is -2.88. The van der Waals surface area contributed by atoms with Crippen molar-refractivity contribution in [3.63, 3.8) is 0 Å². The molecule has 45 heavy (non-hydrogen) atoms. The maximum Gasteiger partial charge on any atom is 0.243 e. The van der Waals surface area contributed by atoms with Gasteiger partial charge >= 0.3 is 0 Å². The summed E-state index contributed by atoms with van der Waals surface area (Å²) in [4.78, 5) is 0.353. The summed E-state index contributed by atoms with van der Waals surface area (Å²) in [7, 11) is -4.29. The Morgan fingerprint density at radius 1 is 0.978 bits per heavy atom. The number of ether oxygens (including phenoxy) is 3. The first kappa shape index (κ1) is 33.5. The molecule has 2 aliphatic rings. The van der Waals surface area contributed by atoms with Crippen LogP contribution in [-0.2, 0) is 36.1 Å². The number of piperidine rings is 1. The molecule has 3 aromatic carbocycles. The van der Waals surface area contributed by atoms with Crippen molar-refractivity contribution in [1.29, 1.82) is 0 Å². The van der Waals surface area contributed by atoms with Crippen LogP contribution in [0.5, 0.6) is 5.75 Å². The second kappa shape index (κ2) is 14.3. The van der Waals surface area contributed by atoms with E-state index in [0.29, 0.717) is 51.3 Å². The first-order valence-electron chi connectivity index (χ1n) is 14.9. The SMILES string of the molecule is CNS(=O)(=O)c1cccc(OC[C@@H](O)CNC2COC3(CCN(S(=O)(=O)c4cccc(-c5cccc(COC)c5)c4)CC3)C2)c1. The van der Waals surface area contributed by atoms with Gasteiger partial charge in [0.25, 0.3) is 0 Å². The summed E-state index contributed by atoms with van der Waals surface area (Å²) in [5.41, 5.74) is 2.37. The van der Waals surface area contributed by atoms with Crippen molar-refractivity contribution in [3.8, 4) is 16.9 Å². The minimum Gasteiger partial charge on any atom is -0.491 e. The highest BCUT2D eigenvalue weighted by atomic mass is 32.2. The van der Waals surface area contributed by atoms with Gasteiger partial charge in [0.15, 0.2) is 0 Å². The molecule has 244 valence electrons. The average molecular weight is 660 g/mol. The molecular weight excluding hydrogens is 618 g/mol. The molecule has 0 amide bonds. The van der Waals surface area contributed by atoms with Crippen molar-refractivity contribution >= 4 is 20.0 Å². The van der Waals surface area contributed by atoms with Crippen LogP contribution in [0.1, 0.15) is 24.8 Å². The summed E-state index contributed by atoms with van der Waals surface area (Å²) in [6.07, 6.45) is 1.06. The summed E-state index contributed by atoms with van der Waals surface area (Å²) < 4.78 is 72.1. The molecule has 5 rings (SSSR count). The van der Waals surface area contributed by atoms with E-state index in [1.165, 1.54) is 19.2 Å². The lowest BCUT2D eigenvalue weighted by Gasteiger charge is -2.38. The molecule has 3 N–H and O–H groups in total. The zero-order valence-corrected chi connectivity index (χ0v) is 27.1. The van der Waals surface area contributed by atoms with Crippen LogP contribution >= 0.6 is 0 Å². The predicted octanol–water partition coefficient (Wildman–Crippen LogP) is 2.75. The molecule has 2 saturated heterocycles. The smallest absolute Gasteiger partial charge is 0.243 e. The van der Waals surface area contributed by atoms with E-state index < -0.39 is 31.8 Å². The van der Waals surface area contributed by atoms with E-state index in [1.54, 1.807) is 41.7 Å². The van der Waals surface area contributed by atoms with Crippen molar-refractivity contribution in [2.24, 2.45) is 0 Å². The van der Waals surface area contributed by atoms with Crippen molar-refractivity contribution < 1.29 is 36.2 Å². The minimum atomic E-state index is -3.68. The number of hydrogen-bond donors (Lipinski definition) is 3. The Kier molecular flexibility index (Phi) is 10.6. The van der Waals surface area contributed by atoms with Crippen LogP contribution in [0, 0.1) is 0 Å². The number of methoxy groups -OCH3 is 1. The van der Waals surface area contributed by atoms with Crippen molar-refractivity contribution in [1.82, 2.24) is 14.3 Å². The van der Waals surface area contributed by atoms with Gasteiger partial charge in [0, 0.05) is 38.9 Å². The third-order valence-corrected chi connectivity index (χ3v) is 11.7. The zero-order chi connectivity index (χ0) is 32.1. The molecule has 2 heterocycles. The van der Waals surface area contributed by atoms with Crippen molar-refractivity contribution in [3.05, 3.63) is 78.4 Å².